The summed E-state index contributed by atoms with van der Waals surface area (Å²) < 4.78 is 11.6. The molecular weight excluding hydrogens is 339 g/mol. The van der Waals surface area contributed by atoms with Gasteiger partial charge in [0.2, 0.25) is 5.79 Å². The summed E-state index contributed by atoms with van der Waals surface area (Å²) in [5.74, 6) is -5.73. The molecule has 0 aliphatic rings. The average Bonchev–Trinajstić information content (AvgIpc) is 2.44. The molecule has 0 saturated heterocycles. The van der Waals surface area contributed by atoms with Crippen LogP contribution in [0, 0.1) is 0 Å². The summed E-state index contributed by atoms with van der Waals surface area (Å²) in [4.78, 5) is 18.8. The number of benzene rings is 2. The zero-order chi connectivity index (χ0) is 18.3. The molecular formula is C15H17O8P. The Morgan fingerprint density at radius 3 is 2.17 bits per heavy atom. The third kappa shape index (κ3) is 3.38. The molecule has 0 aromatic heterocycles. The quantitative estimate of drug-likeness (QED) is 0.309. The van der Waals surface area contributed by atoms with E-state index in [1.807, 2.05) is 0 Å². The maximum Gasteiger partial charge on any atom is 0.356 e. The van der Waals surface area contributed by atoms with Crippen LogP contribution in [-0.2, 0) is 10.4 Å². The Bertz CT molecular complexity index is 811. The van der Waals surface area contributed by atoms with E-state index in [2.05, 4.69) is 0 Å². The summed E-state index contributed by atoms with van der Waals surface area (Å²) in [6, 6.07) is 6.95. The van der Waals surface area contributed by atoms with Crippen LogP contribution in [0.5, 0.6) is 17.2 Å². The molecule has 0 amide bonds. The average molecular weight is 356 g/mol. The highest BCUT2D eigenvalue weighted by Gasteiger charge is 2.42. The molecule has 130 valence electrons. The molecule has 8 nitrogen and oxygen atoms in total. The Kier molecular flexibility index (Phi) is 4.63. The van der Waals surface area contributed by atoms with Gasteiger partial charge in [0.05, 0.1) is 10.9 Å². The molecule has 0 bridgehead atoms. The van der Waals surface area contributed by atoms with E-state index in [4.69, 9.17) is 0 Å². The van der Waals surface area contributed by atoms with Crippen molar-refractivity contribution in [2.45, 2.75) is 18.6 Å². The Morgan fingerprint density at radius 2 is 1.62 bits per heavy atom. The number of aliphatic hydroxyl groups is 2. The molecule has 2 aromatic rings. The molecule has 0 radical (unpaired) electrons. The number of hydrogen-bond donors (Lipinski definition) is 7. The van der Waals surface area contributed by atoms with Crippen LogP contribution in [0.2, 0.25) is 0 Å². The van der Waals surface area contributed by atoms with Gasteiger partial charge in [0.15, 0.2) is 0 Å². The highest BCUT2D eigenvalue weighted by atomic mass is 31.2. The number of phenolic OH excluding ortho intramolecular Hbond substituents is 3. The van der Waals surface area contributed by atoms with E-state index < -0.39 is 41.7 Å². The maximum atomic E-state index is 11.6. The van der Waals surface area contributed by atoms with Crippen LogP contribution in [0.3, 0.4) is 0 Å². The Morgan fingerprint density at radius 1 is 1.00 bits per heavy atom. The third-order valence-corrected chi connectivity index (χ3v) is 4.72. The van der Waals surface area contributed by atoms with Crippen molar-refractivity contribution in [3.8, 4) is 17.2 Å². The van der Waals surface area contributed by atoms with Gasteiger partial charge in [-0.15, -0.1) is 0 Å². The summed E-state index contributed by atoms with van der Waals surface area (Å²) in [6.07, 6.45) is 0. The molecule has 1 unspecified atom stereocenters. The molecule has 0 aliphatic carbocycles. The van der Waals surface area contributed by atoms with Gasteiger partial charge in [0.1, 0.15) is 17.2 Å². The predicted octanol–water partition coefficient (Wildman–Crippen LogP) is 0.547. The van der Waals surface area contributed by atoms with E-state index in [9.17, 15) is 39.9 Å². The molecule has 9 heteroatoms. The van der Waals surface area contributed by atoms with Crippen molar-refractivity contribution in [3.63, 3.8) is 0 Å². The minimum absolute atomic E-state index is 0.139. The summed E-state index contributed by atoms with van der Waals surface area (Å²) in [5.41, 5.74) is -0.561. The zero-order valence-electron chi connectivity index (χ0n) is 12.5. The van der Waals surface area contributed by atoms with Gasteiger partial charge in [-0.2, -0.15) is 0 Å². The van der Waals surface area contributed by atoms with Gasteiger partial charge >= 0.3 is 7.60 Å². The van der Waals surface area contributed by atoms with E-state index in [1.54, 1.807) is 0 Å². The summed E-state index contributed by atoms with van der Waals surface area (Å²) >= 11 is 0. The van der Waals surface area contributed by atoms with E-state index >= 15 is 0 Å². The van der Waals surface area contributed by atoms with Crippen LogP contribution < -0.4 is 5.30 Å². The lowest BCUT2D eigenvalue weighted by Crippen LogP contribution is -2.36. The fraction of sp³-hybridized carbons (Fsp3) is 0.200. The van der Waals surface area contributed by atoms with Gasteiger partial charge in [-0.05, 0) is 23.8 Å². The Hall–Kier alpha value is -2.09. The van der Waals surface area contributed by atoms with Crippen molar-refractivity contribution < 1.29 is 39.9 Å². The van der Waals surface area contributed by atoms with Crippen LogP contribution in [-0.4, -0.2) is 35.3 Å². The lowest BCUT2D eigenvalue weighted by atomic mass is 9.86. The van der Waals surface area contributed by atoms with Crippen LogP contribution in [0.25, 0.3) is 0 Å². The van der Waals surface area contributed by atoms with Crippen molar-refractivity contribution in [2.24, 2.45) is 0 Å². The van der Waals surface area contributed by atoms with Crippen molar-refractivity contribution in [3.05, 3.63) is 47.5 Å². The second-order valence-electron chi connectivity index (χ2n) is 5.45. The minimum atomic E-state index is -5.04. The van der Waals surface area contributed by atoms with Gasteiger partial charge in [-0.25, -0.2) is 0 Å². The number of hydrogen-bond acceptors (Lipinski definition) is 6. The second kappa shape index (κ2) is 6.08. The molecule has 0 heterocycles. The molecule has 0 spiro atoms. The topological polar surface area (TPSA) is 159 Å². The van der Waals surface area contributed by atoms with E-state index in [1.165, 1.54) is 31.2 Å². The van der Waals surface area contributed by atoms with E-state index in [-0.39, 0.29) is 11.3 Å². The molecule has 0 aliphatic heterocycles. The minimum Gasteiger partial charge on any atom is -0.508 e. The van der Waals surface area contributed by atoms with Crippen molar-refractivity contribution in [1.29, 1.82) is 0 Å². The van der Waals surface area contributed by atoms with Gasteiger partial charge in [0.25, 0.3) is 0 Å². The van der Waals surface area contributed by atoms with Crippen LogP contribution in [0.4, 0.5) is 0 Å². The molecule has 2 rings (SSSR count). The smallest absolute Gasteiger partial charge is 0.356 e. The van der Waals surface area contributed by atoms with Gasteiger partial charge in [-0.1, -0.05) is 19.1 Å². The van der Waals surface area contributed by atoms with E-state index in [0.29, 0.717) is 6.07 Å². The van der Waals surface area contributed by atoms with Crippen LogP contribution in [0.1, 0.15) is 24.0 Å². The summed E-state index contributed by atoms with van der Waals surface area (Å²) in [6.45, 7) is 1.34. The van der Waals surface area contributed by atoms with Crippen molar-refractivity contribution in [2.75, 3.05) is 0 Å². The molecule has 2 aromatic carbocycles. The lowest BCUT2D eigenvalue weighted by Gasteiger charge is -2.31. The largest absolute Gasteiger partial charge is 0.508 e. The first-order chi connectivity index (χ1) is 10.9. The van der Waals surface area contributed by atoms with Crippen LogP contribution in [0.15, 0.2) is 36.4 Å². The van der Waals surface area contributed by atoms with E-state index in [0.717, 1.165) is 6.07 Å². The zero-order valence-corrected chi connectivity index (χ0v) is 13.4. The van der Waals surface area contributed by atoms with Crippen molar-refractivity contribution in [1.82, 2.24) is 0 Å². The summed E-state index contributed by atoms with van der Waals surface area (Å²) in [7, 11) is -5.04. The Balaban J connectivity index is 2.67. The first kappa shape index (κ1) is 18.3. The highest BCUT2D eigenvalue weighted by Crippen LogP contribution is 2.46. The fourth-order valence-corrected chi connectivity index (χ4v) is 3.32. The number of rotatable bonds is 4. The molecule has 1 atom stereocenters. The normalized spacial score (nSPS) is 13.7. The SMILES string of the molecule is CC(c1cccc(O)c1)C(O)(O)c1c(O)cc(O)cc1P(=O)(O)O. The third-order valence-electron chi connectivity index (χ3n) is 3.74. The standard InChI is InChI=1S/C15H17O8P/c1-8(9-3-2-4-10(16)5-9)15(19,20)14-12(18)6-11(17)7-13(14)24(21,22)23/h2-8,16-20H,1H3,(H2,21,22,23). The predicted molar refractivity (Wildman–Crippen MR) is 84.1 cm³/mol. The summed E-state index contributed by atoms with van der Waals surface area (Å²) in [5, 5.41) is 49.0. The molecule has 24 heavy (non-hydrogen) atoms. The first-order valence-corrected chi connectivity index (χ1v) is 8.42. The lowest BCUT2D eigenvalue weighted by molar-refractivity contribution is -0.185. The second-order valence-corrected chi connectivity index (χ2v) is 7.02. The molecule has 0 saturated carbocycles. The molecule has 7 N–H and O–H groups in total. The maximum absolute atomic E-state index is 11.6. The highest BCUT2D eigenvalue weighted by molar-refractivity contribution is 7.60. The fourth-order valence-electron chi connectivity index (χ4n) is 2.45. The van der Waals surface area contributed by atoms with Crippen LogP contribution >= 0.6 is 7.60 Å². The van der Waals surface area contributed by atoms with Gasteiger partial charge < -0.3 is 35.3 Å². The first-order valence-electron chi connectivity index (χ1n) is 6.80. The van der Waals surface area contributed by atoms with Crippen molar-refractivity contribution >= 4 is 12.9 Å². The monoisotopic (exact) mass is 356 g/mol. The van der Waals surface area contributed by atoms with Gasteiger partial charge in [-0.3, -0.25) is 4.57 Å². The number of phenols is 3. The number of aromatic hydroxyl groups is 3. The molecule has 0 fully saturated rings. The Labute approximate surface area is 137 Å². The van der Waals surface area contributed by atoms with Gasteiger partial charge in [0, 0.05) is 12.0 Å².